The molecule has 0 amide bonds. The van der Waals surface area contributed by atoms with Crippen LogP contribution in [0.3, 0.4) is 0 Å². The number of nitro groups is 1. The normalized spacial score (nSPS) is 19.7. The number of hydrogen-bond donors (Lipinski definition) is 0. The third-order valence-corrected chi connectivity index (χ3v) is 2.30. The number of hydrogen-bond acceptors (Lipinski definition) is 4. The molecule has 0 radical (unpaired) electrons. The second-order valence-electron chi connectivity index (χ2n) is 3.47. The summed E-state index contributed by atoms with van der Waals surface area (Å²) in [5.74, 6) is -0.597. The van der Waals surface area contributed by atoms with Gasteiger partial charge in [0.2, 0.25) is 0 Å². The lowest BCUT2D eigenvalue weighted by Crippen LogP contribution is -2.16. The lowest BCUT2D eigenvalue weighted by molar-refractivity contribution is -0.386. The van der Waals surface area contributed by atoms with Crippen LogP contribution in [0.2, 0.25) is 0 Å². The number of nitro benzene ring substituents is 1. The van der Waals surface area contributed by atoms with Gasteiger partial charge in [0.1, 0.15) is 11.9 Å². The van der Waals surface area contributed by atoms with Gasteiger partial charge in [-0.2, -0.15) is 0 Å². The minimum atomic E-state index is -0.593. The molecule has 1 atom stereocenters. The van der Waals surface area contributed by atoms with Gasteiger partial charge in [0.25, 0.3) is 0 Å². The van der Waals surface area contributed by atoms with Crippen LogP contribution in [0.1, 0.15) is 6.42 Å². The van der Waals surface area contributed by atoms with E-state index < -0.39 is 10.7 Å². The van der Waals surface area contributed by atoms with Crippen LogP contribution in [0.5, 0.6) is 5.75 Å². The third-order valence-electron chi connectivity index (χ3n) is 2.30. The van der Waals surface area contributed by atoms with Gasteiger partial charge in [-0.05, 0) is 6.07 Å². The number of rotatable bonds is 3. The zero-order valence-electron chi connectivity index (χ0n) is 8.39. The van der Waals surface area contributed by atoms with Crippen LogP contribution in [0, 0.1) is 15.9 Å². The van der Waals surface area contributed by atoms with Crippen LogP contribution in [0.4, 0.5) is 10.1 Å². The van der Waals surface area contributed by atoms with Crippen molar-refractivity contribution in [2.24, 2.45) is 0 Å². The van der Waals surface area contributed by atoms with Crippen molar-refractivity contribution in [3.8, 4) is 5.75 Å². The molecule has 1 aliphatic heterocycles. The molecule has 1 saturated heterocycles. The first kappa shape index (κ1) is 10.8. The van der Waals surface area contributed by atoms with Gasteiger partial charge in [0.15, 0.2) is 5.75 Å². The first-order valence-electron chi connectivity index (χ1n) is 4.85. The van der Waals surface area contributed by atoms with Crippen LogP contribution < -0.4 is 4.74 Å². The molecule has 2 rings (SSSR count). The summed E-state index contributed by atoms with van der Waals surface area (Å²) in [7, 11) is 0. The van der Waals surface area contributed by atoms with E-state index in [1.165, 1.54) is 0 Å². The van der Waals surface area contributed by atoms with Crippen molar-refractivity contribution in [2.45, 2.75) is 12.5 Å². The summed E-state index contributed by atoms with van der Waals surface area (Å²) in [6.45, 7) is 0.946. The van der Waals surface area contributed by atoms with E-state index in [4.69, 9.17) is 9.47 Å². The minimum Gasteiger partial charge on any atom is -0.481 e. The van der Waals surface area contributed by atoms with Crippen molar-refractivity contribution in [3.63, 3.8) is 0 Å². The van der Waals surface area contributed by atoms with Crippen LogP contribution in [0.25, 0.3) is 0 Å². The Morgan fingerprint density at radius 2 is 2.38 bits per heavy atom. The van der Waals surface area contributed by atoms with Crippen molar-refractivity contribution in [1.29, 1.82) is 0 Å². The highest BCUT2D eigenvalue weighted by molar-refractivity contribution is 5.46. The lowest BCUT2D eigenvalue weighted by atomic mass is 10.2. The largest absolute Gasteiger partial charge is 0.481 e. The minimum absolute atomic E-state index is 0.0412. The first-order valence-corrected chi connectivity index (χ1v) is 4.85. The van der Waals surface area contributed by atoms with Gasteiger partial charge in [0.05, 0.1) is 18.1 Å². The Morgan fingerprint density at radius 3 is 3.00 bits per heavy atom. The maximum Gasteiger partial charge on any atom is 0.311 e. The van der Waals surface area contributed by atoms with Gasteiger partial charge in [-0.25, -0.2) is 4.39 Å². The predicted molar refractivity (Wildman–Crippen MR) is 52.9 cm³/mol. The zero-order valence-corrected chi connectivity index (χ0v) is 8.39. The molecule has 0 unspecified atom stereocenters. The number of nitrogens with zero attached hydrogens (tertiary/aromatic N) is 1. The Kier molecular flexibility index (Phi) is 3.00. The van der Waals surface area contributed by atoms with E-state index >= 15 is 0 Å². The molecule has 0 N–H and O–H groups in total. The van der Waals surface area contributed by atoms with Crippen LogP contribution in [0.15, 0.2) is 18.2 Å². The average Bonchev–Trinajstić information content (AvgIpc) is 2.70. The van der Waals surface area contributed by atoms with Crippen LogP contribution in [-0.4, -0.2) is 24.2 Å². The zero-order chi connectivity index (χ0) is 11.5. The highest BCUT2D eigenvalue weighted by Crippen LogP contribution is 2.29. The van der Waals surface area contributed by atoms with Crippen LogP contribution in [-0.2, 0) is 4.74 Å². The Balaban J connectivity index is 2.22. The quantitative estimate of drug-likeness (QED) is 0.584. The van der Waals surface area contributed by atoms with Crippen molar-refractivity contribution in [1.82, 2.24) is 0 Å². The second-order valence-corrected chi connectivity index (χ2v) is 3.47. The standard InChI is InChI=1S/C10H10FNO4/c11-7-1-2-9(12(13)14)10(5-7)16-8-3-4-15-6-8/h1-2,5,8H,3-4,6H2/t8-/m1/s1. The molecule has 0 spiro atoms. The molecule has 86 valence electrons. The molecule has 0 saturated carbocycles. The van der Waals surface area contributed by atoms with Crippen molar-refractivity contribution >= 4 is 5.69 Å². The topological polar surface area (TPSA) is 61.6 Å². The van der Waals surface area contributed by atoms with E-state index in [1.807, 2.05) is 0 Å². The fourth-order valence-corrected chi connectivity index (χ4v) is 1.52. The van der Waals surface area contributed by atoms with Crippen LogP contribution >= 0.6 is 0 Å². The first-order chi connectivity index (χ1) is 7.66. The Bertz CT molecular complexity index is 404. The fraction of sp³-hybridized carbons (Fsp3) is 0.400. The summed E-state index contributed by atoms with van der Waals surface area (Å²) < 4.78 is 23.4. The van der Waals surface area contributed by atoms with E-state index in [0.29, 0.717) is 19.6 Å². The maximum absolute atomic E-state index is 13.0. The van der Waals surface area contributed by atoms with Gasteiger partial charge in [-0.1, -0.05) is 0 Å². The highest BCUT2D eigenvalue weighted by atomic mass is 19.1. The SMILES string of the molecule is O=[N+]([O-])c1ccc(F)cc1O[C@@H]1CCOC1. The molecular weight excluding hydrogens is 217 g/mol. The summed E-state index contributed by atoms with van der Waals surface area (Å²) in [4.78, 5) is 10.1. The fourth-order valence-electron chi connectivity index (χ4n) is 1.52. The molecule has 0 bridgehead atoms. The van der Waals surface area contributed by atoms with Gasteiger partial charge >= 0.3 is 5.69 Å². The van der Waals surface area contributed by atoms with Gasteiger partial charge in [-0.15, -0.1) is 0 Å². The second kappa shape index (κ2) is 4.44. The molecule has 1 aromatic rings. The monoisotopic (exact) mass is 227 g/mol. The van der Waals surface area contributed by atoms with Crippen molar-refractivity contribution in [3.05, 3.63) is 34.1 Å². The molecule has 1 heterocycles. The molecule has 6 heteroatoms. The number of ether oxygens (including phenoxy) is 2. The lowest BCUT2D eigenvalue weighted by Gasteiger charge is -2.11. The summed E-state index contributed by atoms with van der Waals surface area (Å²) in [5.41, 5.74) is -0.228. The van der Waals surface area contributed by atoms with Crippen molar-refractivity contribution < 1.29 is 18.8 Å². The molecule has 0 aromatic heterocycles. The average molecular weight is 227 g/mol. The van der Waals surface area contributed by atoms with E-state index in [0.717, 1.165) is 18.2 Å². The van der Waals surface area contributed by atoms with E-state index in [2.05, 4.69) is 0 Å². The van der Waals surface area contributed by atoms with E-state index in [-0.39, 0.29) is 17.5 Å². The summed E-state index contributed by atoms with van der Waals surface area (Å²) in [6, 6.07) is 3.16. The van der Waals surface area contributed by atoms with E-state index in [1.54, 1.807) is 0 Å². The Morgan fingerprint density at radius 1 is 1.56 bits per heavy atom. The number of halogens is 1. The smallest absolute Gasteiger partial charge is 0.311 e. The Hall–Kier alpha value is -1.69. The van der Waals surface area contributed by atoms with Crippen molar-refractivity contribution in [2.75, 3.05) is 13.2 Å². The predicted octanol–water partition coefficient (Wildman–Crippen LogP) is 1.90. The van der Waals surface area contributed by atoms with Gasteiger partial charge in [0, 0.05) is 18.6 Å². The van der Waals surface area contributed by atoms with Gasteiger partial charge < -0.3 is 9.47 Å². The molecular formula is C10H10FNO4. The molecule has 1 fully saturated rings. The summed E-state index contributed by atoms with van der Waals surface area (Å²) >= 11 is 0. The third kappa shape index (κ3) is 2.27. The highest BCUT2D eigenvalue weighted by Gasteiger charge is 2.22. The number of benzene rings is 1. The summed E-state index contributed by atoms with van der Waals surface area (Å²) in [6.07, 6.45) is 0.425. The summed E-state index contributed by atoms with van der Waals surface area (Å²) in [5, 5.41) is 10.7. The molecule has 5 nitrogen and oxygen atoms in total. The van der Waals surface area contributed by atoms with Gasteiger partial charge in [-0.3, -0.25) is 10.1 Å². The molecule has 1 aliphatic rings. The molecule has 1 aromatic carbocycles. The molecule has 0 aliphatic carbocycles. The Labute approximate surface area is 90.9 Å². The molecule has 16 heavy (non-hydrogen) atoms. The maximum atomic E-state index is 13.0. The van der Waals surface area contributed by atoms with E-state index in [9.17, 15) is 14.5 Å².